The van der Waals surface area contributed by atoms with E-state index in [1.165, 1.54) is 0 Å². The number of pyridine rings is 1. The van der Waals surface area contributed by atoms with Gasteiger partial charge in [-0.05, 0) is 268 Å². The molecule has 1 N–H and O–H groups in total. The van der Waals surface area contributed by atoms with Crippen molar-refractivity contribution in [3.63, 3.8) is 0 Å². The first kappa shape index (κ1) is 105. The number of nitrogens with one attached hydrogen (secondary N) is 1. The van der Waals surface area contributed by atoms with E-state index in [0.717, 1.165) is 191 Å². The van der Waals surface area contributed by atoms with Crippen LogP contribution in [0.15, 0.2) is 121 Å². The standard InChI is InChI=1S/C17H24N2O2.C16H22N2O2.2C16H23NO4.C16H21NO3.C14H19NO3.C11H14N2O2/c1-12(2)19-11-13-4-5-15(10-16(13)17(19)20)21-14-6-8-18(3)9-7-14;1-11(2)18-10-12-3-4-14(9-15(12)16(18)19)20-13-5-7-17-8-6-13;1-12(2)17-11-13-10-14(4-5-15(13)16(17)18)21-9-8-20-7-6-19-3;1-12(2)17-11-13-4-5-14(10-15(13)16(17)18)21-9-8-20-7-6-19-3;1-11(2)17-9-12-5-6-13(8-15(12)16(17)18)20-10-14-4-3-7-19-14;1-10(2)15-9-11-4-5-12(18-7-6-17-3)8-13(11)14(15)16;1-7(2)13-6-8-5-12-10(15-3)4-9(8)11(13)14/h4-5,10,12,14H,6-9,11H2,1-3H3;3-4,9,11,13,17H,5-8,10H2,1-2H3;2*4-5,10,12H,6-9,11H2,1-3H3;5-6,8,11,14H,3-4,7,9-10H2,1-2H3;4-5,8,10H,6-7,9H2,1-3H3;4-5,7H,6H2,1-3H3. The van der Waals surface area contributed by atoms with E-state index in [1.807, 2.05) is 213 Å². The van der Waals surface area contributed by atoms with Gasteiger partial charge in [0.15, 0.2) is 0 Å². The van der Waals surface area contributed by atoms with Crippen LogP contribution in [0.4, 0.5) is 0 Å². The minimum atomic E-state index is 0.0701. The summed E-state index contributed by atoms with van der Waals surface area (Å²) < 4.78 is 70.6. The molecular weight excluding hydrogens is 1730 g/mol. The summed E-state index contributed by atoms with van der Waals surface area (Å²) in [6.45, 7) is 44.2. The van der Waals surface area contributed by atoms with E-state index in [4.69, 9.17) is 61.6 Å². The Morgan fingerprint density at radius 1 is 0.338 bits per heavy atom. The summed E-state index contributed by atoms with van der Waals surface area (Å²) in [6, 6.07) is 38.1. The topological polar surface area (TPSA) is 290 Å². The van der Waals surface area contributed by atoms with E-state index in [9.17, 15) is 33.6 Å². The van der Waals surface area contributed by atoms with Gasteiger partial charge in [0.05, 0.1) is 65.0 Å². The van der Waals surface area contributed by atoms with Crippen LogP contribution in [0.1, 0.15) is 247 Å². The van der Waals surface area contributed by atoms with E-state index in [2.05, 4.69) is 49.9 Å². The van der Waals surface area contributed by atoms with Crippen LogP contribution in [-0.2, 0) is 74.2 Å². The number of fused-ring (bicyclic) bond motifs is 7. The molecule has 3 saturated heterocycles. The van der Waals surface area contributed by atoms with Crippen molar-refractivity contribution in [1.82, 2.24) is 49.5 Å². The van der Waals surface area contributed by atoms with Crippen molar-refractivity contribution < 1.29 is 95.1 Å². The molecule has 0 spiro atoms. The number of ether oxygens (including phenoxy) is 13. The number of benzene rings is 6. The van der Waals surface area contributed by atoms with E-state index >= 15 is 0 Å². The second kappa shape index (κ2) is 51.5. The van der Waals surface area contributed by atoms with Crippen molar-refractivity contribution in [2.45, 2.75) is 242 Å². The smallest absolute Gasteiger partial charge is 0.254 e. The molecule has 11 heterocycles. The van der Waals surface area contributed by atoms with Crippen LogP contribution in [0.2, 0.25) is 0 Å². The summed E-state index contributed by atoms with van der Waals surface area (Å²) >= 11 is 0. The Morgan fingerprint density at radius 2 is 0.647 bits per heavy atom. The number of nitrogens with zero attached hydrogens (tertiary/aromatic N) is 9. The summed E-state index contributed by atoms with van der Waals surface area (Å²) in [4.78, 5) is 105. The SMILES string of the molecule is CC(C)N1Cc2ccc(OC3CCN(C)CC3)cc2C1=O.CC(C)N1Cc2ccc(OC3CCNCC3)cc2C1=O.CC(C)N1Cc2ccc(OCC3CCCO3)cc2C1=O.COCCOCCOc1ccc2c(c1)C(=O)N(C(C)C)C2.COCCOCCOc1ccc2c(c1)CN(C(C)C)C2=O.COCCOc1ccc2c(c1)C(=O)N(C(C)C)C2.COc1cc2c(cn1)CN(C(C)C)C2=O. The first-order chi connectivity index (χ1) is 65.4. The number of methoxy groups -OCH3 is 4. The number of aromatic nitrogens is 1. The summed E-state index contributed by atoms with van der Waals surface area (Å²) in [6.07, 6.45) is 8.81. The van der Waals surface area contributed by atoms with Crippen LogP contribution in [0, 0.1) is 0 Å². The Morgan fingerprint density at radius 3 is 1.01 bits per heavy atom. The fraction of sp³-hybridized carbons (Fsp3) is 0.547. The third-order valence-electron chi connectivity index (χ3n) is 25.3. The molecule has 0 aliphatic carbocycles. The van der Waals surface area contributed by atoms with Crippen molar-refractivity contribution in [3.05, 3.63) is 199 Å². The predicted octanol–water partition coefficient (Wildman–Crippen LogP) is 15.0. The van der Waals surface area contributed by atoms with Gasteiger partial charge >= 0.3 is 0 Å². The Kier molecular flexibility index (Phi) is 39.9. The van der Waals surface area contributed by atoms with Crippen LogP contribution in [0.5, 0.6) is 40.4 Å². The number of amides is 7. The Balaban J connectivity index is 0.000000153. The summed E-state index contributed by atoms with van der Waals surface area (Å²) in [5, 5.41) is 3.33. The van der Waals surface area contributed by atoms with Crippen LogP contribution >= 0.6 is 0 Å². The number of hydrogen-bond acceptors (Lipinski definition) is 23. The first-order valence-corrected chi connectivity index (χ1v) is 48.3. The number of likely N-dealkylation sites (tertiary alicyclic amines) is 1. The van der Waals surface area contributed by atoms with E-state index in [-0.39, 0.29) is 102 Å². The van der Waals surface area contributed by atoms with Crippen molar-refractivity contribution in [2.75, 3.05) is 141 Å². The lowest BCUT2D eigenvalue weighted by molar-refractivity contribution is 0.0544. The van der Waals surface area contributed by atoms with Crippen molar-refractivity contribution >= 4 is 41.4 Å². The summed E-state index contributed by atoms with van der Waals surface area (Å²) in [7, 11) is 8.61. The van der Waals surface area contributed by atoms with Crippen LogP contribution in [0.25, 0.3) is 0 Å². The molecule has 136 heavy (non-hydrogen) atoms. The van der Waals surface area contributed by atoms with E-state index in [1.54, 1.807) is 40.7 Å². The van der Waals surface area contributed by atoms with Gasteiger partial charge in [0.25, 0.3) is 41.4 Å². The zero-order valence-corrected chi connectivity index (χ0v) is 83.5. The molecular formula is C106H146N10O20. The van der Waals surface area contributed by atoms with Gasteiger partial charge in [-0.25, -0.2) is 4.98 Å². The van der Waals surface area contributed by atoms with Crippen LogP contribution < -0.4 is 38.5 Å². The molecule has 30 nitrogen and oxygen atoms in total. The predicted molar refractivity (Wildman–Crippen MR) is 520 cm³/mol. The van der Waals surface area contributed by atoms with Gasteiger partial charge in [0.2, 0.25) is 5.88 Å². The van der Waals surface area contributed by atoms with Gasteiger partial charge < -0.3 is 106 Å². The molecule has 740 valence electrons. The fourth-order valence-corrected chi connectivity index (χ4v) is 17.1. The lowest BCUT2D eigenvalue weighted by Gasteiger charge is -2.29. The molecule has 0 saturated carbocycles. The maximum atomic E-state index is 12.4. The van der Waals surface area contributed by atoms with Gasteiger partial charge in [-0.3, -0.25) is 33.6 Å². The number of piperidine rings is 2. The van der Waals surface area contributed by atoms with Crippen LogP contribution in [0.3, 0.4) is 0 Å². The van der Waals surface area contributed by atoms with Crippen molar-refractivity contribution in [1.29, 1.82) is 0 Å². The molecule has 10 aliphatic rings. The average molecular weight is 1880 g/mol. The molecule has 6 aromatic carbocycles. The number of hydrogen-bond donors (Lipinski definition) is 1. The Labute approximate surface area is 804 Å². The number of carbonyl (C=O) groups is 7. The third kappa shape index (κ3) is 28.6. The zero-order chi connectivity index (χ0) is 97.8. The number of rotatable bonds is 33. The second-order valence-electron chi connectivity index (χ2n) is 37.4. The molecule has 1 unspecified atom stereocenters. The van der Waals surface area contributed by atoms with Crippen LogP contribution in [-0.4, -0.2) is 287 Å². The van der Waals surface area contributed by atoms with Gasteiger partial charge in [0, 0.05) is 180 Å². The Bertz CT molecular complexity index is 5110. The fourth-order valence-electron chi connectivity index (χ4n) is 17.1. The molecule has 10 aliphatic heterocycles. The minimum Gasteiger partial charge on any atom is -0.491 e. The highest BCUT2D eigenvalue weighted by molar-refractivity contribution is 6.02. The van der Waals surface area contributed by atoms with Gasteiger partial charge in [-0.15, -0.1) is 0 Å². The second-order valence-corrected chi connectivity index (χ2v) is 37.4. The van der Waals surface area contributed by atoms with Gasteiger partial charge in [0.1, 0.15) is 73.1 Å². The molecule has 7 amide bonds. The van der Waals surface area contributed by atoms with Crippen molar-refractivity contribution in [2.24, 2.45) is 0 Å². The maximum absolute atomic E-state index is 12.4. The molecule has 3 fully saturated rings. The highest BCUT2D eigenvalue weighted by Gasteiger charge is 2.37. The molecule has 17 rings (SSSR count). The normalized spacial score (nSPS) is 17.0. The number of carbonyl (C=O) groups excluding carboxylic acids is 7. The average Bonchev–Trinajstić information content (AvgIpc) is 1.72. The molecule has 1 atom stereocenters. The molecule has 0 bridgehead atoms. The molecule has 0 radical (unpaired) electrons. The lowest BCUT2D eigenvalue weighted by atomic mass is 10.1. The molecule has 1 aromatic heterocycles. The van der Waals surface area contributed by atoms with E-state index < -0.39 is 0 Å². The third-order valence-corrected chi connectivity index (χ3v) is 25.3. The summed E-state index contributed by atoms with van der Waals surface area (Å²) in [5.74, 6) is 5.87. The lowest BCUT2D eigenvalue weighted by Crippen LogP contribution is -2.35. The minimum absolute atomic E-state index is 0.0701. The highest BCUT2D eigenvalue weighted by Crippen LogP contribution is 2.37. The quantitative estimate of drug-likeness (QED) is 0.0374. The zero-order valence-electron chi connectivity index (χ0n) is 83.5. The molecule has 7 aromatic rings. The van der Waals surface area contributed by atoms with Gasteiger partial charge in [-0.2, -0.15) is 0 Å². The van der Waals surface area contributed by atoms with E-state index in [0.29, 0.717) is 117 Å². The summed E-state index contributed by atoms with van der Waals surface area (Å²) in [5.41, 5.74) is 12.9. The first-order valence-electron chi connectivity index (χ1n) is 48.3. The van der Waals surface area contributed by atoms with Gasteiger partial charge in [-0.1, -0.05) is 30.3 Å². The Hall–Kier alpha value is -11.0. The largest absolute Gasteiger partial charge is 0.491 e. The monoisotopic (exact) mass is 1880 g/mol. The maximum Gasteiger partial charge on any atom is 0.254 e. The molecule has 30 heteroatoms. The van der Waals surface area contributed by atoms with Crippen molar-refractivity contribution in [3.8, 4) is 40.4 Å². The highest BCUT2D eigenvalue weighted by atomic mass is 16.6.